The monoisotopic (exact) mass is 450 g/mol. The van der Waals surface area contributed by atoms with E-state index in [1.54, 1.807) is 20.8 Å². The van der Waals surface area contributed by atoms with Crippen molar-refractivity contribution in [1.82, 2.24) is 20.0 Å². The number of rotatable bonds is 1. The van der Waals surface area contributed by atoms with Crippen LogP contribution in [0.4, 0.5) is 0 Å². The first-order valence-electron chi connectivity index (χ1n) is 11.5. The van der Waals surface area contributed by atoms with Crippen molar-refractivity contribution in [2.75, 3.05) is 26.2 Å². The molecule has 0 aromatic carbocycles. The van der Waals surface area contributed by atoms with Crippen LogP contribution in [0.2, 0.25) is 0 Å². The number of carbonyl (C=O) groups excluding carboxylic acids is 5. The lowest BCUT2D eigenvalue weighted by molar-refractivity contribution is -0.156. The predicted molar refractivity (Wildman–Crippen MR) is 114 cm³/mol. The third-order valence-electron chi connectivity index (χ3n) is 6.68. The molecule has 3 fully saturated rings. The third kappa shape index (κ3) is 4.73. The Morgan fingerprint density at radius 1 is 1.00 bits per heavy atom. The van der Waals surface area contributed by atoms with Crippen LogP contribution in [0.1, 0.15) is 53.4 Å². The summed E-state index contributed by atoms with van der Waals surface area (Å²) >= 11 is 0. The van der Waals surface area contributed by atoms with Gasteiger partial charge in [0.15, 0.2) is 0 Å². The number of nitrogens with zero attached hydrogens (tertiary/aromatic N) is 3. The van der Waals surface area contributed by atoms with Crippen LogP contribution in [0.25, 0.3) is 0 Å². The van der Waals surface area contributed by atoms with Crippen molar-refractivity contribution in [2.24, 2.45) is 5.92 Å². The minimum Gasteiger partial charge on any atom is -0.464 e. The van der Waals surface area contributed by atoms with Gasteiger partial charge in [0.2, 0.25) is 23.6 Å². The number of amides is 4. The highest BCUT2D eigenvalue weighted by Gasteiger charge is 2.42. The molecular weight excluding hydrogens is 416 g/mol. The molecule has 3 aliphatic heterocycles. The summed E-state index contributed by atoms with van der Waals surface area (Å²) in [4.78, 5) is 69.1. The van der Waals surface area contributed by atoms with Crippen molar-refractivity contribution < 1.29 is 28.7 Å². The zero-order valence-corrected chi connectivity index (χ0v) is 19.3. The minimum absolute atomic E-state index is 0.0235. The lowest BCUT2D eigenvalue weighted by Crippen LogP contribution is -2.57. The molecule has 0 aromatic rings. The molecule has 0 aromatic heterocycles. The van der Waals surface area contributed by atoms with Crippen molar-refractivity contribution in [3.05, 3.63) is 0 Å². The van der Waals surface area contributed by atoms with Crippen LogP contribution < -0.4 is 5.32 Å². The molecule has 3 rings (SSSR count). The van der Waals surface area contributed by atoms with Crippen molar-refractivity contribution in [3.8, 4) is 0 Å². The molecule has 0 radical (unpaired) electrons. The summed E-state index contributed by atoms with van der Waals surface area (Å²) in [6, 6.07) is -3.01. The van der Waals surface area contributed by atoms with Gasteiger partial charge in [-0.1, -0.05) is 6.92 Å². The van der Waals surface area contributed by atoms with Crippen LogP contribution in [0, 0.1) is 5.92 Å². The summed E-state index contributed by atoms with van der Waals surface area (Å²) in [7, 11) is 0. The number of cyclic esters (lactones) is 1. The molecule has 3 aliphatic rings. The van der Waals surface area contributed by atoms with E-state index in [1.165, 1.54) is 14.7 Å². The Morgan fingerprint density at radius 2 is 1.72 bits per heavy atom. The van der Waals surface area contributed by atoms with E-state index in [9.17, 15) is 24.0 Å². The maximum Gasteiger partial charge on any atom is 0.328 e. The van der Waals surface area contributed by atoms with Gasteiger partial charge in [-0.2, -0.15) is 0 Å². The molecule has 5 unspecified atom stereocenters. The van der Waals surface area contributed by atoms with E-state index < -0.39 is 36.0 Å². The molecule has 178 valence electrons. The van der Waals surface area contributed by atoms with Gasteiger partial charge in [-0.05, 0) is 46.0 Å². The molecule has 1 N–H and O–H groups in total. The number of fused-ring (bicyclic) bond motifs is 2. The molecule has 5 atom stereocenters. The fourth-order valence-electron chi connectivity index (χ4n) is 4.91. The standard InChI is InChI=1S/C22H34N4O6/c1-5-24-15(4)19(28)23-14(3)20(29)26-12-13(2)11-17(26)22(31)32-10-8-18(27)25-9-6-7-16(25)21(24)30/h13-17H,5-12H2,1-4H3,(H,23,28). The smallest absolute Gasteiger partial charge is 0.328 e. The third-order valence-corrected chi connectivity index (χ3v) is 6.68. The molecule has 0 bridgehead atoms. The van der Waals surface area contributed by atoms with E-state index in [1.807, 2.05) is 6.92 Å². The number of ether oxygens (including phenoxy) is 1. The van der Waals surface area contributed by atoms with Gasteiger partial charge >= 0.3 is 5.97 Å². The second-order valence-electron chi connectivity index (χ2n) is 9.04. The fourth-order valence-corrected chi connectivity index (χ4v) is 4.91. The molecule has 3 heterocycles. The molecule has 0 saturated carbocycles. The molecule has 32 heavy (non-hydrogen) atoms. The first kappa shape index (κ1) is 24.0. The number of nitrogens with one attached hydrogen (secondary N) is 1. The summed E-state index contributed by atoms with van der Waals surface area (Å²) in [6.45, 7) is 7.99. The maximum atomic E-state index is 13.2. The number of likely N-dealkylation sites (N-methyl/N-ethyl adjacent to an activating group) is 1. The largest absolute Gasteiger partial charge is 0.464 e. The van der Waals surface area contributed by atoms with Gasteiger partial charge in [0.05, 0.1) is 6.42 Å². The lowest BCUT2D eigenvalue weighted by atomic mass is 10.1. The quantitative estimate of drug-likeness (QED) is 0.558. The second kappa shape index (κ2) is 9.87. The van der Waals surface area contributed by atoms with Crippen molar-refractivity contribution in [1.29, 1.82) is 0 Å². The predicted octanol–water partition coefficient (Wildman–Crippen LogP) is -0.0970. The van der Waals surface area contributed by atoms with Crippen LogP contribution in [-0.4, -0.2) is 94.7 Å². The molecule has 0 spiro atoms. The van der Waals surface area contributed by atoms with Gasteiger partial charge in [0.1, 0.15) is 30.8 Å². The summed E-state index contributed by atoms with van der Waals surface area (Å²) < 4.78 is 5.35. The summed E-state index contributed by atoms with van der Waals surface area (Å²) in [5.74, 6) is -1.78. The van der Waals surface area contributed by atoms with E-state index in [-0.39, 0.29) is 36.7 Å². The van der Waals surface area contributed by atoms with E-state index >= 15 is 0 Å². The van der Waals surface area contributed by atoms with Gasteiger partial charge in [0, 0.05) is 19.6 Å². The number of hydrogen-bond donors (Lipinski definition) is 1. The fraction of sp³-hybridized carbons (Fsp3) is 0.773. The van der Waals surface area contributed by atoms with Crippen LogP contribution in [-0.2, 0) is 28.7 Å². The molecule has 3 saturated heterocycles. The minimum atomic E-state index is -0.850. The van der Waals surface area contributed by atoms with Crippen LogP contribution in [0.15, 0.2) is 0 Å². The second-order valence-corrected chi connectivity index (χ2v) is 9.04. The molecule has 0 aliphatic carbocycles. The highest BCUT2D eigenvalue weighted by atomic mass is 16.5. The molecule has 10 heteroatoms. The van der Waals surface area contributed by atoms with Gasteiger partial charge in [0.25, 0.3) is 0 Å². The van der Waals surface area contributed by atoms with E-state index in [2.05, 4.69) is 5.32 Å². The first-order valence-corrected chi connectivity index (χ1v) is 11.5. The molecule has 4 amide bonds. The Morgan fingerprint density at radius 3 is 2.41 bits per heavy atom. The number of carbonyl (C=O) groups is 5. The van der Waals surface area contributed by atoms with Gasteiger partial charge in [-0.25, -0.2) is 4.79 Å². The van der Waals surface area contributed by atoms with Gasteiger partial charge in [-0.3, -0.25) is 19.2 Å². The number of esters is 1. The Hall–Kier alpha value is -2.65. The van der Waals surface area contributed by atoms with Crippen molar-refractivity contribution in [3.63, 3.8) is 0 Å². The molecular formula is C22H34N4O6. The van der Waals surface area contributed by atoms with Gasteiger partial charge in [-0.15, -0.1) is 0 Å². The Labute approximate surface area is 188 Å². The zero-order valence-electron chi connectivity index (χ0n) is 19.3. The topological polar surface area (TPSA) is 116 Å². The van der Waals surface area contributed by atoms with E-state index in [0.717, 1.165) is 0 Å². The van der Waals surface area contributed by atoms with Crippen molar-refractivity contribution >= 4 is 29.6 Å². The highest BCUT2D eigenvalue weighted by Crippen LogP contribution is 2.26. The van der Waals surface area contributed by atoms with Crippen LogP contribution in [0.5, 0.6) is 0 Å². The Kier molecular flexibility index (Phi) is 7.40. The lowest BCUT2D eigenvalue weighted by Gasteiger charge is -2.34. The Bertz CT molecular complexity index is 786. The molecule has 10 nitrogen and oxygen atoms in total. The highest BCUT2D eigenvalue weighted by molar-refractivity contribution is 5.95. The zero-order chi connectivity index (χ0) is 23.6. The normalized spacial score (nSPS) is 33.2. The van der Waals surface area contributed by atoms with Gasteiger partial charge < -0.3 is 24.8 Å². The van der Waals surface area contributed by atoms with E-state index in [0.29, 0.717) is 38.9 Å². The SMILES string of the molecule is CCN1C(=O)C2CCCN2C(=O)CCOC(=O)C2CC(C)CN2C(=O)C(C)NC(=O)C1C. The average Bonchev–Trinajstić information content (AvgIpc) is 3.39. The summed E-state index contributed by atoms with van der Waals surface area (Å²) in [6.07, 6.45) is 1.67. The van der Waals surface area contributed by atoms with Crippen LogP contribution in [0.3, 0.4) is 0 Å². The summed E-state index contributed by atoms with van der Waals surface area (Å²) in [5, 5.41) is 2.70. The average molecular weight is 451 g/mol. The summed E-state index contributed by atoms with van der Waals surface area (Å²) in [5.41, 5.74) is 0. The first-order chi connectivity index (χ1) is 15.1. The number of hydrogen-bond acceptors (Lipinski definition) is 6. The van der Waals surface area contributed by atoms with Crippen LogP contribution >= 0.6 is 0 Å². The van der Waals surface area contributed by atoms with E-state index in [4.69, 9.17) is 4.74 Å². The van der Waals surface area contributed by atoms with Crippen molar-refractivity contribution in [2.45, 2.75) is 77.5 Å². The maximum absolute atomic E-state index is 13.2. The Balaban J connectivity index is 1.88.